The first-order valence-electron chi connectivity index (χ1n) is 11.6. The van der Waals surface area contributed by atoms with Gasteiger partial charge >= 0.3 is 0 Å². The molecule has 2 rings (SSSR count). The zero-order chi connectivity index (χ0) is 20.0. The number of rotatable bonds is 14. The zero-order valence-electron chi connectivity index (χ0n) is 18.4. The first kappa shape index (κ1) is 22.5. The van der Waals surface area contributed by atoms with Crippen LogP contribution < -0.4 is 4.74 Å². The fraction of sp³-hybridized carbons (Fsp3) is 0.556. The van der Waals surface area contributed by atoms with Crippen molar-refractivity contribution in [3.8, 4) is 16.9 Å². The van der Waals surface area contributed by atoms with Gasteiger partial charge in [0.25, 0.3) is 0 Å². The SMILES string of the molecule is CCCCCCCCCOc1cc(CCC)ccc1-c1ccc(CCC)cc1. The van der Waals surface area contributed by atoms with Crippen LogP contribution in [0, 0.1) is 0 Å². The van der Waals surface area contributed by atoms with Crippen molar-refractivity contribution in [2.45, 2.75) is 91.4 Å². The largest absolute Gasteiger partial charge is 0.493 e. The van der Waals surface area contributed by atoms with Crippen molar-refractivity contribution in [2.24, 2.45) is 0 Å². The van der Waals surface area contributed by atoms with Gasteiger partial charge in [0.2, 0.25) is 0 Å². The second kappa shape index (κ2) is 13.4. The topological polar surface area (TPSA) is 9.23 Å². The Labute approximate surface area is 173 Å². The molecule has 0 aliphatic rings. The molecule has 0 aliphatic heterocycles. The van der Waals surface area contributed by atoms with Gasteiger partial charge in [0.15, 0.2) is 0 Å². The minimum atomic E-state index is 0.824. The molecule has 1 heteroatoms. The lowest BCUT2D eigenvalue weighted by atomic mass is 9.99. The lowest BCUT2D eigenvalue weighted by Gasteiger charge is -2.14. The maximum atomic E-state index is 6.28. The highest BCUT2D eigenvalue weighted by Crippen LogP contribution is 2.32. The summed E-state index contributed by atoms with van der Waals surface area (Å²) in [4.78, 5) is 0. The number of aryl methyl sites for hydroxylation is 2. The standard InChI is InChI=1S/C27H40O/c1-4-7-8-9-10-11-12-21-28-27-22-24(14-6-3)17-20-26(27)25-18-15-23(13-5-2)16-19-25/h15-20,22H,4-14,21H2,1-3H3. The molecule has 0 amide bonds. The molecule has 0 bridgehead atoms. The normalized spacial score (nSPS) is 11.0. The van der Waals surface area contributed by atoms with E-state index in [0.717, 1.165) is 31.6 Å². The summed E-state index contributed by atoms with van der Waals surface area (Å²) in [5.74, 6) is 1.06. The summed E-state index contributed by atoms with van der Waals surface area (Å²) in [5.41, 5.74) is 5.28. The summed E-state index contributed by atoms with van der Waals surface area (Å²) in [7, 11) is 0. The van der Waals surface area contributed by atoms with E-state index in [9.17, 15) is 0 Å². The van der Waals surface area contributed by atoms with Crippen LogP contribution in [0.1, 0.15) is 89.7 Å². The van der Waals surface area contributed by atoms with Crippen LogP contribution in [0.5, 0.6) is 5.75 Å². The average Bonchev–Trinajstić information content (AvgIpc) is 2.71. The van der Waals surface area contributed by atoms with E-state index >= 15 is 0 Å². The number of unbranched alkanes of at least 4 members (excludes halogenated alkanes) is 6. The van der Waals surface area contributed by atoms with Crippen LogP contribution in [0.25, 0.3) is 11.1 Å². The van der Waals surface area contributed by atoms with E-state index in [4.69, 9.17) is 4.74 Å². The van der Waals surface area contributed by atoms with Crippen LogP contribution >= 0.6 is 0 Å². The molecule has 0 aromatic heterocycles. The van der Waals surface area contributed by atoms with Crippen molar-refractivity contribution in [3.05, 3.63) is 53.6 Å². The molecule has 1 nitrogen and oxygen atoms in total. The summed E-state index contributed by atoms with van der Waals surface area (Å²) < 4.78 is 6.28. The molecule has 0 fully saturated rings. The van der Waals surface area contributed by atoms with Gasteiger partial charge in [-0.1, -0.05) is 109 Å². The smallest absolute Gasteiger partial charge is 0.127 e. The molecular weight excluding hydrogens is 340 g/mol. The molecule has 0 radical (unpaired) electrons. The van der Waals surface area contributed by atoms with E-state index in [-0.39, 0.29) is 0 Å². The van der Waals surface area contributed by atoms with E-state index in [1.807, 2.05) is 0 Å². The highest BCUT2D eigenvalue weighted by Gasteiger charge is 2.08. The van der Waals surface area contributed by atoms with Crippen LogP contribution in [-0.2, 0) is 12.8 Å². The third kappa shape index (κ3) is 7.70. The molecule has 28 heavy (non-hydrogen) atoms. The second-order valence-electron chi connectivity index (χ2n) is 8.00. The van der Waals surface area contributed by atoms with Gasteiger partial charge in [0.05, 0.1) is 6.61 Å². The van der Waals surface area contributed by atoms with Crippen LogP contribution in [0.3, 0.4) is 0 Å². The predicted molar refractivity (Wildman–Crippen MR) is 123 cm³/mol. The van der Waals surface area contributed by atoms with Crippen LogP contribution in [0.4, 0.5) is 0 Å². The summed E-state index contributed by atoms with van der Waals surface area (Å²) in [6.07, 6.45) is 13.8. The molecule has 2 aromatic rings. The molecule has 0 N–H and O–H groups in total. The van der Waals surface area contributed by atoms with Crippen LogP contribution in [0.2, 0.25) is 0 Å². The molecular formula is C27H40O. The van der Waals surface area contributed by atoms with Crippen molar-refractivity contribution in [1.29, 1.82) is 0 Å². The number of hydrogen-bond donors (Lipinski definition) is 0. The third-order valence-electron chi connectivity index (χ3n) is 5.39. The van der Waals surface area contributed by atoms with Crippen molar-refractivity contribution in [2.75, 3.05) is 6.61 Å². The Balaban J connectivity index is 1.98. The lowest BCUT2D eigenvalue weighted by molar-refractivity contribution is 0.305. The fourth-order valence-corrected chi connectivity index (χ4v) is 3.75. The van der Waals surface area contributed by atoms with Crippen LogP contribution in [0.15, 0.2) is 42.5 Å². The Hall–Kier alpha value is -1.76. The van der Waals surface area contributed by atoms with Gasteiger partial charge in [-0.2, -0.15) is 0 Å². The maximum absolute atomic E-state index is 6.28. The molecule has 0 spiro atoms. The predicted octanol–water partition coefficient (Wildman–Crippen LogP) is 8.39. The first-order valence-corrected chi connectivity index (χ1v) is 11.6. The minimum Gasteiger partial charge on any atom is -0.493 e. The molecule has 0 saturated heterocycles. The van der Waals surface area contributed by atoms with Crippen LogP contribution in [-0.4, -0.2) is 6.61 Å². The van der Waals surface area contributed by atoms with E-state index in [0.29, 0.717) is 0 Å². The first-order chi connectivity index (χ1) is 13.8. The lowest BCUT2D eigenvalue weighted by Crippen LogP contribution is -2.00. The summed E-state index contributed by atoms with van der Waals surface area (Å²) in [6, 6.07) is 15.8. The van der Waals surface area contributed by atoms with Crippen molar-refractivity contribution >= 4 is 0 Å². The number of ether oxygens (including phenoxy) is 1. The number of hydrogen-bond acceptors (Lipinski definition) is 1. The van der Waals surface area contributed by atoms with Gasteiger partial charge in [-0.05, 0) is 42.0 Å². The quantitative estimate of drug-likeness (QED) is 0.299. The van der Waals surface area contributed by atoms with E-state index < -0.39 is 0 Å². The molecule has 2 aromatic carbocycles. The Morgan fingerprint density at radius 3 is 1.89 bits per heavy atom. The van der Waals surface area contributed by atoms with E-state index in [2.05, 4.69) is 63.2 Å². The molecule has 0 heterocycles. The molecule has 0 aliphatic carbocycles. The Bertz CT molecular complexity index is 656. The zero-order valence-corrected chi connectivity index (χ0v) is 18.4. The summed E-state index contributed by atoms with van der Waals surface area (Å²) in [5, 5.41) is 0. The monoisotopic (exact) mass is 380 g/mol. The molecule has 0 saturated carbocycles. The highest BCUT2D eigenvalue weighted by molar-refractivity contribution is 5.71. The van der Waals surface area contributed by atoms with E-state index in [1.165, 1.54) is 73.6 Å². The van der Waals surface area contributed by atoms with Gasteiger partial charge in [-0.15, -0.1) is 0 Å². The summed E-state index contributed by atoms with van der Waals surface area (Å²) in [6.45, 7) is 7.56. The Kier molecular flexibility index (Phi) is 10.8. The van der Waals surface area contributed by atoms with Crippen molar-refractivity contribution < 1.29 is 4.74 Å². The summed E-state index contributed by atoms with van der Waals surface area (Å²) >= 11 is 0. The van der Waals surface area contributed by atoms with Gasteiger partial charge < -0.3 is 4.74 Å². The van der Waals surface area contributed by atoms with Gasteiger partial charge in [0.1, 0.15) is 5.75 Å². The Morgan fingerprint density at radius 2 is 1.21 bits per heavy atom. The maximum Gasteiger partial charge on any atom is 0.127 e. The second-order valence-corrected chi connectivity index (χ2v) is 8.00. The van der Waals surface area contributed by atoms with Gasteiger partial charge in [-0.3, -0.25) is 0 Å². The Morgan fingerprint density at radius 1 is 0.607 bits per heavy atom. The molecule has 0 unspecified atom stereocenters. The number of benzene rings is 2. The average molecular weight is 381 g/mol. The molecule has 0 atom stereocenters. The van der Waals surface area contributed by atoms with Gasteiger partial charge in [0, 0.05) is 5.56 Å². The fourth-order valence-electron chi connectivity index (χ4n) is 3.75. The van der Waals surface area contributed by atoms with E-state index in [1.54, 1.807) is 0 Å². The third-order valence-corrected chi connectivity index (χ3v) is 5.39. The van der Waals surface area contributed by atoms with Crippen molar-refractivity contribution in [1.82, 2.24) is 0 Å². The van der Waals surface area contributed by atoms with Crippen molar-refractivity contribution in [3.63, 3.8) is 0 Å². The highest BCUT2D eigenvalue weighted by atomic mass is 16.5. The van der Waals surface area contributed by atoms with Gasteiger partial charge in [-0.25, -0.2) is 0 Å². The minimum absolute atomic E-state index is 0.824. The molecule has 154 valence electrons.